The Labute approximate surface area is 193 Å². The van der Waals surface area contributed by atoms with Gasteiger partial charge in [0.15, 0.2) is 18.1 Å². The molecule has 0 radical (unpaired) electrons. The number of carbonyl (C=O) groups is 4. The number of carboxylic acids is 1. The molecule has 1 heterocycles. The predicted octanol–water partition coefficient (Wildman–Crippen LogP) is 2.65. The van der Waals surface area contributed by atoms with E-state index in [0.717, 1.165) is 10.5 Å². The number of rotatable bonds is 8. The maximum Gasteiger partial charge on any atom is 0.341 e. The van der Waals surface area contributed by atoms with Crippen LogP contribution in [0.3, 0.4) is 0 Å². The van der Waals surface area contributed by atoms with Crippen LogP contribution in [0.4, 0.5) is 10.5 Å². The highest BCUT2D eigenvalue weighted by molar-refractivity contribution is 6.32. The Morgan fingerprint density at radius 2 is 2.00 bits per heavy atom. The highest BCUT2D eigenvalue weighted by atomic mass is 35.5. The molecule has 0 bridgehead atoms. The Kier molecular flexibility index (Phi) is 7.19. The molecular formula is C22H20ClN3O7. The fourth-order valence-corrected chi connectivity index (χ4v) is 3.32. The summed E-state index contributed by atoms with van der Waals surface area (Å²) in [6.45, 7) is 0.781. The second-order valence-corrected chi connectivity index (χ2v) is 7.42. The van der Waals surface area contributed by atoms with Gasteiger partial charge in [0.2, 0.25) is 5.91 Å². The molecule has 1 saturated heterocycles. The first-order chi connectivity index (χ1) is 15.7. The summed E-state index contributed by atoms with van der Waals surface area (Å²) in [6.07, 6.45) is 1.36. The Hall–Kier alpha value is -4.05. The van der Waals surface area contributed by atoms with Crippen LogP contribution in [0, 0.1) is 6.92 Å². The maximum absolute atomic E-state index is 12.7. The minimum atomic E-state index is -1.19. The van der Waals surface area contributed by atoms with E-state index < -0.39 is 37.0 Å². The number of urea groups is 1. The van der Waals surface area contributed by atoms with E-state index in [1.54, 1.807) is 18.2 Å². The van der Waals surface area contributed by atoms with Crippen molar-refractivity contribution in [3.05, 3.63) is 58.2 Å². The molecule has 172 valence electrons. The highest BCUT2D eigenvalue weighted by Gasteiger charge is 2.35. The number of hydrogen-bond donors (Lipinski definition) is 3. The quantitative estimate of drug-likeness (QED) is 0.396. The fourth-order valence-electron chi connectivity index (χ4n) is 3.05. The number of aliphatic carboxylic acids is 1. The van der Waals surface area contributed by atoms with E-state index >= 15 is 0 Å². The number of hydrogen-bond acceptors (Lipinski definition) is 6. The number of ether oxygens (including phenoxy) is 2. The number of nitrogens with zero attached hydrogens (tertiary/aromatic N) is 1. The number of benzene rings is 2. The lowest BCUT2D eigenvalue weighted by atomic mass is 10.1. The first kappa shape index (κ1) is 23.6. The van der Waals surface area contributed by atoms with Gasteiger partial charge in [-0.05, 0) is 48.4 Å². The molecule has 0 aliphatic carbocycles. The second-order valence-electron chi connectivity index (χ2n) is 7.01. The van der Waals surface area contributed by atoms with Crippen LogP contribution in [0.2, 0.25) is 5.02 Å². The van der Waals surface area contributed by atoms with E-state index in [9.17, 15) is 19.2 Å². The molecule has 0 saturated carbocycles. The van der Waals surface area contributed by atoms with Gasteiger partial charge in [0.05, 0.1) is 12.1 Å². The molecular weight excluding hydrogens is 454 g/mol. The molecule has 2 aromatic carbocycles. The number of halogens is 1. The van der Waals surface area contributed by atoms with E-state index in [0.29, 0.717) is 11.3 Å². The SMILES string of the molecule is COc1cc(/C=C2/NC(=O)N(CC(=O)Nc3cccc(C)c3)C2=O)cc(Cl)c1OCC(=O)O. The average molecular weight is 474 g/mol. The monoisotopic (exact) mass is 473 g/mol. The van der Waals surface area contributed by atoms with Gasteiger partial charge >= 0.3 is 12.0 Å². The van der Waals surface area contributed by atoms with Gasteiger partial charge in [0.25, 0.3) is 5.91 Å². The first-order valence-corrected chi connectivity index (χ1v) is 9.99. The average Bonchev–Trinajstić information content (AvgIpc) is 2.99. The van der Waals surface area contributed by atoms with Crippen LogP contribution in [0.15, 0.2) is 42.1 Å². The largest absolute Gasteiger partial charge is 0.493 e. The zero-order chi connectivity index (χ0) is 24.1. The number of carbonyl (C=O) groups excluding carboxylic acids is 3. The van der Waals surface area contributed by atoms with Crippen LogP contribution in [-0.4, -0.2) is 54.1 Å². The Balaban J connectivity index is 1.75. The smallest absolute Gasteiger partial charge is 0.341 e. The Morgan fingerprint density at radius 1 is 1.24 bits per heavy atom. The van der Waals surface area contributed by atoms with Gasteiger partial charge in [-0.15, -0.1) is 0 Å². The van der Waals surface area contributed by atoms with Crippen LogP contribution in [-0.2, 0) is 14.4 Å². The van der Waals surface area contributed by atoms with Gasteiger partial charge in [-0.3, -0.25) is 9.59 Å². The molecule has 33 heavy (non-hydrogen) atoms. The lowest BCUT2D eigenvalue weighted by Crippen LogP contribution is -2.38. The van der Waals surface area contributed by atoms with E-state index in [1.807, 2.05) is 13.0 Å². The van der Waals surface area contributed by atoms with Gasteiger partial charge in [-0.2, -0.15) is 0 Å². The third-order valence-electron chi connectivity index (χ3n) is 4.47. The summed E-state index contributed by atoms with van der Waals surface area (Å²) in [5, 5.41) is 13.9. The number of carboxylic acid groups (broad SMARTS) is 1. The topological polar surface area (TPSA) is 134 Å². The number of nitrogens with one attached hydrogen (secondary N) is 2. The molecule has 11 heteroatoms. The van der Waals surface area contributed by atoms with Gasteiger partial charge in [0.1, 0.15) is 12.2 Å². The van der Waals surface area contributed by atoms with Gasteiger partial charge in [-0.25, -0.2) is 14.5 Å². The van der Waals surface area contributed by atoms with Crippen LogP contribution in [0.25, 0.3) is 6.08 Å². The number of amides is 4. The number of anilines is 1. The van der Waals surface area contributed by atoms with Crippen LogP contribution in [0.5, 0.6) is 11.5 Å². The standard InChI is InChI=1S/C22H20ClN3O7/c1-12-4-3-5-14(6-12)24-18(27)10-26-21(30)16(25-22(26)31)8-13-7-15(23)20(17(9-13)32-2)33-11-19(28)29/h3-9H,10-11H2,1-2H3,(H,24,27)(H,25,31)(H,28,29)/b16-8+. The molecule has 3 N–H and O–H groups in total. The Morgan fingerprint density at radius 3 is 2.67 bits per heavy atom. The Bertz CT molecular complexity index is 1160. The zero-order valence-corrected chi connectivity index (χ0v) is 18.4. The van der Waals surface area contributed by atoms with Crippen molar-refractivity contribution in [3.8, 4) is 11.5 Å². The van der Waals surface area contributed by atoms with Crippen molar-refractivity contribution < 1.29 is 33.8 Å². The van der Waals surface area contributed by atoms with E-state index in [-0.39, 0.29) is 22.2 Å². The zero-order valence-electron chi connectivity index (χ0n) is 17.7. The summed E-state index contributed by atoms with van der Waals surface area (Å²) < 4.78 is 10.3. The molecule has 2 aromatic rings. The van der Waals surface area contributed by atoms with Crippen molar-refractivity contribution in [1.29, 1.82) is 0 Å². The first-order valence-electron chi connectivity index (χ1n) is 9.61. The number of aryl methyl sites for hydroxylation is 1. The number of imide groups is 1. The van der Waals surface area contributed by atoms with Crippen molar-refractivity contribution >= 4 is 47.2 Å². The predicted molar refractivity (Wildman–Crippen MR) is 119 cm³/mol. The molecule has 0 spiro atoms. The fraction of sp³-hybridized carbons (Fsp3) is 0.182. The summed E-state index contributed by atoms with van der Waals surface area (Å²) >= 11 is 6.17. The van der Waals surface area contributed by atoms with Crippen LogP contribution >= 0.6 is 11.6 Å². The minimum Gasteiger partial charge on any atom is -0.493 e. The molecule has 0 aromatic heterocycles. The molecule has 1 fully saturated rings. The molecule has 1 aliphatic heterocycles. The van der Waals surface area contributed by atoms with E-state index in [4.69, 9.17) is 26.2 Å². The number of methoxy groups -OCH3 is 1. The van der Waals surface area contributed by atoms with Gasteiger partial charge in [0, 0.05) is 5.69 Å². The van der Waals surface area contributed by atoms with Gasteiger partial charge in [-0.1, -0.05) is 23.7 Å². The van der Waals surface area contributed by atoms with E-state index in [1.165, 1.54) is 25.3 Å². The third-order valence-corrected chi connectivity index (χ3v) is 4.75. The van der Waals surface area contributed by atoms with Crippen molar-refractivity contribution in [1.82, 2.24) is 10.2 Å². The molecule has 0 atom stereocenters. The van der Waals surface area contributed by atoms with Crippen molar-refractivity contribution in [2.45, 2.75) is 6.92 Å². The van der Waals surface area contributed by atoms with Crippen LogP contribution in [0.1, 0.15) is 11.1 Å². The van der Waals surface area contributed by atoms with Crippen molar-refractivity contribution in [2.75, 3.05) is 25.6 Å². The highest BCUT2D eigenvalue weighted by Crippen LogP contribution is 2.37. The van der Waals surface area contributed by atoms with E-state index in [2.05, 4.69) is 10.6 Å². The second kappa shape index (κ2) is 10.0. The van der Waals surface area contributed by atoms with Crippen molar-refractivity contribution in [3.63, 3.8) is 0 Å². The normalized spacial score (nSPS) is 14.3. The summed E-state index contributed by atoms with van der Waals surface area (Å²) in [6, 6.07) is 9.24. The minimum absolute atomic E-state index is 0.0277. The van der Waals surface area contributed by atoms with Crippen molar-refractivity contribution in [2.24, 2.45) is 0 Å². The summed E-state index contributed by atoms with van der Waals surface area (Å²) in [4.78, 5) is 48.8. The lowest BCUT2D eigenvalue weighted by molar-refractivity contribution is -0.139. The molecule has 4 amide bonds. The molecule has 1 aliphatic rings. The third kappa shape index (κ3) is 5.80. The van der Waals surface area contributed by atoms with Crippen LogP contribution < -0.4 is 20.1 Å². The molecule has 10 nitrogen and oxygen atoms in total. The molecule has 3 rings (SSSR count). The summed E-state index contributed by atoms with van der Waals surface area (Å²) in [5.41, 5.74) is 1.81. The summed E-state index contributed by atoms with van der Waals surface area (Å²) in [5.74, 6) is -2.25. The van der Waals surface area contributed by atoms with Gasteiger partial charge < -0.3 is 25.2 Å². The maximum atomic E-state index is 12.7. The lowest BCUT2D eigenvalue weighted by Gasteiger charge is -2.12. The molecule has 0 unspecified atom stereocenters. The summed E-state index contributed by atoms with van der Waals surface area (Å²) in [7, 11) is 1.34.